The molecule has 5 heteroatoms. The minimum Gasteiger partial charge on any atom is -0.309 e. The Morgan fingerprint density at radius 2 is 2.00 bits per heavy atom. The second-order valence-electron chi connectivity index (χ2n) is 4.92. The summed E-state index contributed by atoms with van der Waals surface area (Å²) in [6, 6.07) is 0.181. The maximum atomic E-state index is 11.8. The average molecular weight is 236 g/mol. The highest BCUT2D eigenvalue weighted by atomic mass is 16.1. The number of hydrogen-bond donors (Lipinski definition) is 1. The van der Waals surface area contributed by atoms with Gasteiger partial charge in [-0.2, -0.15) is 0 Å². The van der Waals surface area contributed by atoms with E-state index >= 15 is 0 Å². The molecular weight excluding hydrogens is 216 g/mol. The number of rotatable bonds is 1. The number of likely N-dealkylation sites (N-methyl/N-ethyl adjacent to an activating group) is 2. The van der Waals surface area contributed by atoms with E-state index in [0.29, 0.717) is 5.56 Å². The van der Waals surface area contributed by atoms with Crippen LogP contribution in [0.2, 0.25) is 0 Å². The summed E-state index contributed by atoms with van der Waals surface area (Å²) in [6.07, 6.45) is 0. The smallest absolute Gasteiger partial charge is 0.254 e. The van der Waals surface area contributed by atoms with Crippen molar-refractivity contribution in [2.45, 2.75) is 19.9 Å². The topological polar surface area (TPSA) is 52.2 Å². The number of hydrogen-bond acceptors (Lipinski definition) is 4. The molecule has 2 rings (SSSR count). The molecule has 0 saturated carbocycles. The number of aromatic amines is 1. The van der Waals surface area contributed by atoms with Crippen LogP contribution in [0.4, 0.5) is 0 Å². The maximum absolute atomic E-state index is 11.8. The second-order valence-corrected chi connectivity index (χ2v) is 4.92. The Bertz CT molecular complexity index is 468. The van der Waals surface area contributed by atoms with Crippen molar-refractivity contribution < 1.29 is 0 Å². The van der Waals surface area contributed by atoms with Gasteiger partial charge in [0.25, 0.3) is 5.56 Å². The predicted molar refractivity (Wildman–Crippen MR) is 67.2 cm³/mol. The summed E-state index contributed by atoms with van der Waals surface area (Å²) in [7, 11) is 4.17. The second kappa shape index (κ2) is 4.58. The van der Waals surface area contributed by atoms with Crippen LogP contribution < -0.4 is 5.56 Å². The van der Waals surface area contributed by atoms with Crippen LogP contribution in [0.15, 0.2) is 4.79 Å². The van der Waals surface area contributed by atoms with Crippen molar-refractivity contribution in [1.82, 2.24) is 19.8 Å². The third-order valence-electron chi connectivity index (χ3n) is 3.58. The third kappa shape index (κ3) is 2.40. The molecule has 1 saturated heterocycles. The van der Waals surface area contributed by atoms with Gasteiger partial charge < -0.3 is 9.88 Å². The molecule has 1 aliphatic rings. The lowest BCUT2D eigenvalue weighted by Gasteiger charge is -2.36. The molecule has 1 atom stereocenters. The molecule has 0 spiro atoms. The molecule has 0 amide bonds. The van der Waals surface area contributed by atoms with Gasteiger partial charge in [0, 0.05) is 30.9 Å². The molecule has 5 nitrogen and oxygen atoms in total. The molecule has 1 N–H and O–H groups in total. The van der Waals surface area contributed by atoms with Gasteiger partial charge in [-0.25, -0.2) is 4.98 Å². The zero-order valence-electron chi connectivity index (χ0n) is 10.9. The van der Waals surface area contributed by atoms with E-state index in [1.54, 1.807) is 0 Å². The maximum Gasteiger partial charge on any atom is 0.254 e. The van der Waals surface area contributed by atoms with Gasteiger partial charge in [0.05, 0.1) is 6.04 Å². The zero-order valence-corrected chi connectivity index (χ0v) is 10.9. The first-order chi connectivity index (χ1) is 7.99. The van der Waals surface area contributed by atoms with E-state index in [4.69, 9.17) is 0 Å². The fourth-order valence-electron chi connectivity index (χ4n) is 2.13. The van der Waals surface area contributed by atoms with E-state index < -0.39 is 0 Å². The normalized spacial score (nSPS) is 22.9. The molecule has 1 aromatic rings. The molecule has 1 aliphatic heterocycles. The Morgan fingerprint density at radius 1 is 1.29 bits per heavy atom. The summed E-state index contributed by atoms with van der Waals surface area (Å²) in [6.45, 7) is 6.66. The van der Waals surface area contributed by atoms with Gasteiger partial charge >= 0.3 is 0 Å². The molecule has 1 aromatic heterocycles. The highest BCUT2D eigenvalue weighted by Gasteiger charge is 2.26. The summed E-state index contributed by atoms with van der Waals surface area (Å²) in [5, 5.41) is 0. The average Bonchev–Trinajstić information content (AvgIpc) is 2.28. The van der Waals surface area contributed by atoms with Crippen molar-refractivity contribution >= 4 is 0 Å². The fourth-order valence-corrected chi connectivity index (χ4v) is 2.13. The summed E-state index contributed by atoms with van der Waals surface area (Å²) < 4.78 is 0. The van der Waals surface area contributed by atoms with Crippen LogP contribution in [0, 0.1) is 13.8 Å². The SMILES string of the molecule is Cc1nc(C2CN(C)CCN2C)[nH]c(=O)c1C. The summed E-state index contributed by atoms with van der Waals surface area (Å²) in [4.78, 5) is 23.7. The van der Waals surface area contributed by atoms with E-state index in [9.17, 15) is 4.79 Å². The van der Waals surface area contributed by atoms with Gasteiger partial charge in [0.15, 0.2) is 0 Å². The number of nitrogens with one attached hydrogen (secondary N) is 1. The van der Waals surface area contributed by atoms with E-state index in [1.165, 1.54) is 0 Å². The molecule has 0 radical (unpaired) electrons. The number of aromatic nitrogens is 2. The Hall–Kier alpha value is -1.20. The minimum atomic E-state index is -0.0193. The quantitative estimate of drug-likeness (QED) is 0.762. The first-order valence-electron chi connectivity index (χ1n) is 5.95. The first-order valence-corrected chi connectivity index (χ1v) is 5.95. The largest absolute Gasteiger partial charge is 0.309 e. The molecule has 2 heterocycles. The van der Waals surface area contributed by atoms with E-state index in [1.807, 2.05) is 13.8 Å². The van der Waals surface area contributed by atoms with Gasteiger partial charge in [-0.15, -0.1) is 0 Å². The van der Waals surface area contributed by atoms with E-state index in [0.717, 1.165) is 31.2 Å². The van der Waals surface area contributed by atoms with Gasteiger partial charge in [0.2, 0.25) is 0 Å². The lowest BCUT2D eigenvalue weighted by molar-refractivity contribution is 0.109. The summed E-state index contributed by atoms with van der Waals surface area (Å²) in [5.41, 5.74) is 1.51. The number of nitrogens with zero attached hydrogens (tertiary/aromatic N) is 3. The van der Waals surface area contributed by atoms with Crippen LogP contribution in [0.25, 0.3) is 0 Å². The molecule has 0 aromatic carbocycles. The standard InChI is InChI=1S/C12H20N4O/c1-8-9(2)13-11(14-12(8)17)10-7-15(3)5-6-16(10)4/h10H,5-7H2,1-4H3,(H,13,14,17). The highest BCUT2D eigenvalue weighted by molar-refractivity contribution is 5.15. The Labute approximate surface area is 101 Å². The van der Waals surface area contributed by atoms with Crippen LogP contribution in [-0.2, 0) is 0 Å². The molecule has 0 aliphatic carbocycles. The monoisotopic (exact) mass is 236 g/mol. The van der Waals surface area contributed by atoms with Crippen molar-refractivity contribution in [3.8, 4) is 0 Å². The molecule has 0 bridgehead atoms. The summed E-state index contributed by atoms with van der Waals surface area (Å²) >= 11 is 0. The molecular formula is C12H20N4O. The molecule has 1 fully saturated rings. The van der Waals surface area contributed by atoms with Crippen LogP contribution in [-0.4, -0.2) is 53.5 Å². The van der Waals surface area contributed by atoms with Crippen LogP contribution >= 0.6 is 0 Å². The van der Waals surface area contributed by atoms with Crippen LogP contribution in [0.3, 0.4) is 0 Å². The van der Waals surface area contributed by atoms with Crippen molar-refractivity contribution in [1.29, 1.82) is 0 Å². The van der Waals surface area contributed by atoms with Crippen molar-refractivity contribution in [2.75, 3.05) is 33.7 Å². The molecule has 17 heavy (non-hydrogen) atoms. The minimum absolute atomic E-state index is 0.0193. The number of piperazine rings is 1. The van der Waals surface area contributed by atoms with Crippen LogP contribution in [0.5, 0.6) is 0 Å². The number of aryl methyl sites for hydroxylation is 1. The van der Waals surface area contributed by atoms with Crippen LogP contribution in [0.1, 0.15) is 23.1 Å². The Morgan fingerprint density at radius 3 is 2.65 bits per heavy atom. The van der Waals surface area contributed by atoms with Gasteiger partial charge in [-0.1, -0.05) is 0 Å². The lowest BCUT2D eigenvalue weighted by atomic mass is 10.1. The molecule has 1 unspecified atom stereocenters. The third-order valence-corrected chi connectivity index (χ3v) is 3.58. The van der Waals surface area contributed by atoms with Gasteiger partial charge in [-0.05, 0) is 27.9 Å². The van der Waals surface area contributed by atoms with E-state index in [-0.39, 0.29) is 11.6 Å². The fraction of sp³-hybridized carbons (Fsp3) is 0.667. The van der Waals surface area contributed by atoms with Crippen molar-refractivity contribution in [3.05, 3.63) is 27.4 Å². The number of H-pyrrole nitrogens is 1. The highest BCUT2D eigenvalue weighted by Crippen LogP contribution is 2.19. The van der Waals surface area contributed by atoms with Crippen molar-refractivity contribution in [3.63, 3.8) is 0 Å². The lowest BCUT2D eigenvalue weighted by Crippen LogP contribution is -2.45. The Kier molecular flexibility index (Phi) is 3.31. The van der Waals surface area contributed by atoms with E-state index in [2.05, 4.69) is 33.9 Å². The van der Waals surface area contributed by atoms with Gasteiger partial charge in [-0.3, -0.25) is 9.69 Å². The van der Waals surface area contributed by atoms with Crippen molar-refractivity contribution in [2.24, 2.45) is 0 Å². The Balaban J connectivity index is 2.36. The molecule has 94 valence electrons. The first kappa shape index (κ1) is 12.3. The zero-order chi connectivity index (χ0) is 12.6. The van der Waals surface area contributed by atoms with Gasteiger partial charge in [0.1, 0.15) is 5.82 Å². The summed E-state index contributed by atoms with van der Waals surface area (Å²) in [5.74, 6) is 0.784. The predicted octanol–water partition coefficient (Wildman–Crippen LogP) is 0.305.